The Hall–Kier alpha value is -2.15. The van der Waals surface area contributed by atoms with Gasteiger partial charge in [0.25, 0.3) is 10.0 Å². The Balaban J connectivity index is 1.56. The predicted molar refractivity (Wildman–Crippen MR) is 110 cm³/mol. The van der Waals surface area contributed by atoms with Crippen molar-refractivity contribution in [3.05, 3.63) is 35.3 Å². The summed E-state index contributed by atoms with van der Waals surface area (Å²) in [6.45, 7) is 4.48. The third-order valence-corrected chi connectivity index (χ3v) is 8.15. The smallest absolute Gasteiger partial charge is 0.264 e. The molecule has 0 spiro atoms. The average Bonchev–Trinajstić information content (AvgIpc) is 3.38. The number of sulfonamides is 1. The summed E-state index contributed by atoms with van der Waals surface area (Å²) >= 11 is 1.19. The molecule has 0 amide bonds. The third-order valence-electron chi connectivity index (χ3n) is 5.94. The van der Waals surface area contributed by atoms with Crippen LogP contribution in [0.15, 0.2) is 34.7 Å². The Kier molecular flexibility index (Phi) is 5.04. The quantitative estimate of drug-likeness (QED) is 0.749. The van der Waals surface area contributed by atoms with Gasteiger partial charge in [0.1, 0.15) is 11.0 Å². The molecule has 2 aliphatic heterocycles. The summed E-state index contributed by atoms with van der Waals surface area (Å²) < 4.78 is 27.7. The minimum Gasteiger partial charge on any atom is -0.381 e. The highest BCUT2D eigenvalue weighted by Crippen LogP contribution is 2.42. The highest BCUT2D eigenvalue weighted by molar-refractivity contribution is 7.93. The van der Waals surface area contributed by atoms with Crippen LogP contribution in [0.1, 0.15) is 38.2 Å². The molecule has 2 N–H and O–H groups in total. The fourth-order valence-corrected chi connectivity index (χ4v) is 6.55. The van der Waals surface area contributed by atoms with Gasteiger partial charge < -0.3 is 5.32 Å². The SMILES string of the molecule is CC(Nc1ccc(S(=O)(=O)Nc2nccs2)c(C#N)c1)C12CCCN1CCC2. The lowest BCUT2D eigenvalue weighted by Crippen LogP contribution is -2.50. The molecule has 0 aliphatic carbocycles. The van der Waals surface area contributed by atoms with E-state index in [2.05, 4.69) is 26.8 Å². The first kappa shape index (κ1) is 19.2. The molecule has 3 heterocycles. The van der Waals surface area contributed by atoms with Crippen molar-refractivity contribution in [2.75, 3.05) is 23.1 Å². The summed E-state index contributed by atoms with van der Waals surface area (Å²) in [6, 6.07) is 7.09. The minimum absolute atomic E-state index is 0.0371. The molecule has 7 nitrogen and oxygen atoms in total. The molecule has 2 fully saturated rings. The Morgan fingerprint density at radius 1 is 1.32 bits per heavy atom. The maximum atomic E-state index is 12.6. The second-order valence-corrected chi connectivity index (χ2v) is 9.97. The van der Waals surface area contributed by atoms with E-state index < -0.39 is 10.0 Å². The normalized spacial score (nSPS) is 19.7. The number of nitrogens with zero attached hydrogens (tertiary/aromatic N) is 3. The van der Waals surface area contributed by atoms with Crippen LogP contribution in [0.4, 0.5) is 10.8 Å². The molecular weight excluding hydrogens is 394 g/mol. The van der Waals surface area contributed by atoms with Crippen molar-refractivity contribution in [1.29, 1.82) is 5.26 Å². The molecule has 0 bridgehead atoms. The van der Waals surface area contributed by atoms with Crippen LogP contribution in [0, 0.1) is 11.3 Å². The zero-order valence-electron chi connectivity index (χ0n) is 15.7. The molecule has 2 saturated heterocycles. The standard InChI is InChI=1S/C19H23N5O2S2/c1-14(19-6-2-9-24(19)10-3-7-19)22-16-4-5-17(15(12-16)13-20)28(25,26)23-18-21-8-11-27-18/h4-5,8,11-12,14,22H,2-3,6-7,9-10H2,1H3,(H,21,23). The van der Waals surface area contributed by atoms with Crippen molar-refractivity contribution in [1.82, 2.24) is 9.88 Å². The number of hydrogen-bond donors (Lipinski definition) is 2. The second-order valence-electron chi connectivity index (χ2n) is 7.43. The van der Waals surface area contributed by atoms with Gasteiger partial charge in [0.15, 0.2) is 5.13 Å². The van der Waals surface area contributed by atoms with Crippen LogP contribution in [0.3, 0.4) is 0 Å². The Labute approximate surface area is 169 Å². The molecule has 0 saturated carbocycles. The average molecular weight is 418 g/mol. The van der Waals surface area contributed by atoms with Gasteiger partial charge in [0.2, 0.25) is 0 Å². The van der Waals surface area contributed by atoms with Gasteiger partial charge in [-0.25, -0.2) is 13.4 Å². The van der Waals surface area contributed by atoms with E-state index in [4.69, 9.17) is 0 Å². The molecule has 28 heavy (non-hydrogen) atoms. The molecule has 9 heteroatoms. The van der Waals surface area contributed by atoms with Crippen LogP contribution in [-0.4, -0.2) is 43.0 Å². The van der Waals surface area contributed by atoms with Crippen molar-refractivity contribution < 1.29 is 8.42 Å². The lowest BCUT2D eigenvalue weighted by atomic mass is 9.86. The molecule has 1 aromatic heterocycles. The van der Waals surface area contributed by atoms with Crippen LogP contribution in [-0.2, 0) is 10.0 Å². The zero-order valence-corrected chi connectivity index (χ0v) is 17.3. The zero-order chi connectivity index (χ0) is 19.8. The number of fused-ring (bicyclic) bond motifs is 1. The van der Waals surface area contributed by atoms with Crippen molar-refractivity contribution in [2.45, 2.75) is 49.1 Å². The Morgan fingerprint density at radius 2 is 2.07 bits per heavy atom. The maximum absolute atomic E-state index is 12.6. The molecule has 148 valence electrons. The van der Waals surface area contributed by atoms with Gasteiger partial charge in [0.05, 0.1) is 5.56 Å². The topological polar surface area (TPSA) is 98.1 Å². The van der Waals surface area contributed by atoms with Crippen LogP contribution < -0.4 is 10.0 Å². The molecule has 2 aliphatic rings. The number of thiazole rings is 1. The van der Waals surface area contributed by atoms with Crippen molar-refractivity contribution in [3.8, 4) is 6.07 Å². The highest BCUT2D eigenvalue weighted by atomic mass is 32.2. The molecule has 0 radical (unpaired) electrons. The summed E-state index contributed by atoms with van der Waals surface area (Å²) in [5.41, 5.74) is 1.06. The fraction of sp³-hybridized carbons (Fsp3) is 0.474. The van der Waals surface area contributed by atoms with E-state index in [1.165, 1.54) is 49.3 Å². The number of hydrogen-bond acceptors (Lipinski definition) is 7. The van der Waals surface area contributed by atoms with Crippen molar-refractivity contribution in [3.63, 3.8) is 0 Å². The van der Waals surface area contributed by atoms with Gasteiger partial charge in [-0.2, -0.15) is 5.26 Å². The minimum atomic E-state index is -3.86. The number of benzene rings is 1. The van der Waals surface area contributed by atoms with Crippen LogP contribution in [0.5, 0.6) is 0 Å². The number of nitriles is 1. The summed E-state index contributed by atoms with van der Waals surface area (Å²) in [6.07, 6.45) is 6.31. The number of anilines is 2. The van der Waals surface area contributed by atoms with E-state index in [9.17, 15) is 13.7 Å². The highest BCUT2D eigenvalue weighted by Gasteiger charge is 2.47. The Morgan fingerprint density at radius 3 is 2.71 bits per heavy atom. The van der Waals surface area contributed by atoms with Crippen molar-refractivity contribution >= 4 is 32.2 Å². The van der Waals surface area contributed by atoms with Crippen LogP contribution in [0.2, 0.25) is 0 Å². The summed E-state index contributed by atoms with van der Waals surface area (Å²) in [4.78, 5) is 6.48. The maximum Gasteiger partial charge on any atom is 0.264 e. The lowest BCUT2D eigenvalue weighted by Gasteiger charge is -2.39. The van der Waals surface area contributed by atoms with E-state index in [1.807, 2.05) is 6.07 Å². The number of nitrogens with one attached hydrogen (secondary N) is 2. The second kappa shape index (κ2) is 7.35. The van der Waals surface area contributed by atoms with E-state index in [0.717, 1.165) is 18.8 Å². The fourth-order valence-electron chi connectivity index (χ4n) is 4.63. The van der Waals surface area contributed by atoms with E-state index in [-0.39, 0.29) is 27.2 Å². The van der Waals surface area contributed by atoms with E-state index in [0.29, 0.717) is 0 Å². The summed E-state index contributed by atoms with van der Waals surface area (Å²) in [5.74, 6) is 0. The molecule has 2 aromatic rings. The molecule has 1 atom stereocenters. The largest absolute Gasteiger partial charge is 0.381 e. The number of rotatable bonds is 6. The summed E-state index contributed by atoms with van der Waals surface area (Å²) in [5, 5.41) is 15.0. The molecular formula is C19H23N5O2S2. The van der Waals surface area contributed by atoms with Crippen LogP contribution in [0.25, 0.3) is 0 Å². The van der Waals surface area contributed by atoms with E-state index >= 15 is 0 Å². The lowest BCUT2D eigenvalue weighted by molar-refractivity contribution is 0.174. The van der Waals surface area contributed by atoms with Gasteiger partial charge >= 0.3 is 0 Å². The first-order valence-corrected chi connectivity index (χ1v) is 11.8. The monoisotopic (exact) mass is 417 g/mol. The number of aromatic nitrogens is 1. The van der Waals surface area contributed by atoms with E-state index in [1.54, 1.807) is 17.5 Å². The van der Waals surface area contributed by atoms with Crippen LogP contribution >= 0.6 is 11.3 Å². The molecule has 1 aromatic carbocycles. The van der Waals surface area contributed by atoms with Crippen molar-refractivity contribution in [2.24, 2.45) is 0 Å². The first-order chi connectivity index (χ1) is 13.4. The van der Waals surface area contributed by atoms with Gasteiger partial charge in [-0.15, -0.1) is 11.3 Å². The van der Waals surface area contributed by atoms with Gasteiger partial charge in [-0.1, -0.05) is 0 Å². The molecule has 4 rings (SSSR count). The first-order valence-electron chi connectivity index (χ1n) is 9.43. The Bertz CT molecular complexity index is 988. The third kappa shape index (κ3) is 3.36. The summed E-state index contributed by atoms with van der Waals surface area (Å²) in [7, 11) is -3.86. The van der Waals surface area contributed by atoms with Gasteiger partial charge in [-0.3, -0.25) is 9.62 Å². The van der Waals surface area contributed by atoms with Gasteiger partial charge in [-0.05, 0) is 63.9 Å². The van der Waals surface area contributed by atoms with Gasteiger partial charge in [0, 0.05) is 28.8 Å². The molecule has 1 unspecified atom stereocenters. The predicted octanol–water partition coefficient (Wildman–Crippen LogP) is 3.24.